The summed E-state index contributed by atoms with van der Waals surface area (Å²) in [7, 11) is -3.51. The van der Waals surface area contributed by atoms with Crippen LogP contribution in [0.25, 0.3) is 17.2 Å². The van der Waals surface area contributed by atoms with E-state index in [1.807, 2.05) is 31.2 Å². The average molecular weight is 402 g/mol. The summed E-state index contributed by atoms with van der Waals surface area (Å²) in [5.74, 6) is -0.582. The summed E-state index contributed by atoms with van der Waals surface area (Å²) >= 11 is 0. The maximum atomic E-state index is 12.4. The van der Waals surface area contributed by atoms with Crippen LogP contribution in [0.2, 0.25) is 0 Å². The van der Waals surface area contributed by atoms with Gasteiger partial charge >= 0.3 is 5.97 Å². The molecule has 0 aliphatic carbocycles. The van der Waals surface area contributed by atoms with Crippen molar-refractivity contribution in [3.8, 4) is 16.9 Å². The van der Waals surface area contributed by atoms with Crippen LogP contribution in [0.5, 0.6) is 5.75 Å². The fourth-order valence-corrected chi connectivity index (χ4v) is 4.47. The number of sulfone groups is 1. The molecule has 0 saturated carbocycles. The maximum Gasteiger partial charge on any atom is 0.331 e. The number of aliphatic carboxylic acids is 1. The lowest BCUT2D eigenvalue weighted by Crippen LogP contribution is -2.08. The molecule has 1 heterocycles. The largest absolute Gasteiger partial charge is 0.491 e. The van der Waals surface area contributed by atoms with Crippen LogP contribution >= 0.6 is 0 Å². The van der Waals surface area contributed by atoms with Crippen LogP contribution in [0.15, 0.2) is 52.9 Å². The van der Waals surface area contributed by atoms with Gasteiger partial charge in [-0.2, -0.15) is 0 Å². The predicted octanol–water partition coefficient (Wildman–Crippen LogP) is 3.41. The number of hydrogen-bond donors (Lipinski definition) is 1. The summed E-state index contributed by atoms with van der Waals surface area (Å²) in [5, 5.41) is 9.29. The van der Waals surface area contributed by atoms with Gasteiger partial charge in [0.25, 0.3) is 0 Å². The van der Waals surface area contributed by atoms with E-state index in [9.17, 15) is 18.3 Å². The Bertz CT molecular complexity index is 990. The first-order valence-electron chi connectivity index (χ1n) is 9.02. The van der Waals surface area contributed by atoms with Gasteiger partial charge in [-0.3, -0.25) is 0 Å². The summed E-state index contributed by atoms with van der Waals surface area (Å²) < 4.78 is 35.7. The summed E-state index contributed by atoms with van der Waals surface area (Å²) in [6, 6.07) is 12.4. The van der Waals surface area contributed by atoms with Crippen molar-refractivity contribution in [2.75, 3.05) is 25.6 Å². The quantitative estimate of drug-likeness (QED) is 0.714. The van der Waals surface area contributed by atoms with E-state index in [0.29, 0.717) is 31.1 Å². The van der Waals surface area contributed by atoms with E-state index in [4.69, 9.17) is 9.47 Å². The van der Waals surface area contributed by atoms with Gasteiger partial charge in [0.1, 0.15) is 12.4 Å². The van der Waals surface area contributed by atoms with E-state index >= 15 is 0 Å². The molecule has 6 nitrogen and oxygen atoms in total. The number of benzene rings is 2. The molecule has 1 aliphatic heterocycles. The summed E-state index contributed by atoms with van der Waals surface area (Å²) in [6.07, 6.45) is 1.45. The minimum absolute atomic E-state index is 0.00450. The Morgan fingerprint density at radius 3 is 2.46 bits per heavy atom. The van der Waals surface area contributed by atoms with Crippen molar-refractivity contribution < 1.29 is 27.8 Å². The van der Waals surface area contributed by atoms with Gasteiger partial charge in [0, 0.05) is 12.2 Å². The highest BCUT2D eigenvalue weighted by atomic mass is 32.2. The van der Waals surface area contributed by atoms with Crippen LogP contribution < -0.4 is 4.74 Å². The molecule has 2 aromatic carbocycles. The van der Waals surface area contributed by atoms with Crippen molar-refractivity contribution in [2.45, 2.75) is 18.2 Å². The van der Waals surface area contributed by atoms with Crippen LogP contribution in [-0.4, -0.2) is 45.1 Å². The van der Waals surface area contributed by atoms with Crippen LogP contribution in [0.3, 0.4) is 0 Å². The van der Waals surface area contributed by atoms with Crippen molar-refractivity contribution >= 4 is 21.9 Å². The molecule has 0 aromatic heterocycles. The molecule has 28 heavy (non-hydrogen) atoms. The van der Waals surface area contributed by atoms with Gasteiger partial charge in [0.05, 0.1) is 17.3 Å². The number of rotatable bonds is 7. The molecule has 148 valence electrons. The summed E-state index contributed by atoms with van der Waals surface area (Å²) in [5.41, 5.74) is 2.19. The summed E-state index contributed by atoms with van der Waals surface area (Å²) in [6.45, 7) is 3.56. The molecular formula is C21H22O6S. The molecular weight excluding hydrogens is 380 g/mol. The Labute approximate surface area is 164 Å². The van der Waals surface area contributed by atoms with Gasteiger partial charge < -0.3 is 14.6 Å². The standard InChI is InChI=1S/C21H22O6S/c1-2-26-10-11-27-19-6-3-15(4-7-19)16-5-8-20-18(13-16)14-17(21(22)23)9-12-28(20,24)25/h3-8,13-14H,2,9-12H2,1H3,(H,22,23). The van der Waals surface area contributed by atoms with E-state index < -0.39 is 15.8 Å². The van der Waals surface area contributed by atoms with E-state index in [1.165, 1.54) is 6.08 Å². The average Bonchev–Trinajstić information content (AvgIpc) is 2.81. The van der Waals surface area contributed by atoms with E-state index in [-0.39, 0.29) is 22.6 Å². The number of fused-ring (bicyclic) bond motifs is 1. The first-order valence-corrected chi connectivity index (χ1v) is 10.7. The third-order valence-electron chi connectivity index (χ3n) is 4.48. The lowest BCUT2D eigenvalue weighted by Gasteiger charge is -2.10. The van der Waals surface area contributed by atoms with Gasteiger partial charge in [-0.1, -0.05) is 18.2 Å². The van der Waals surface area contributed by atoms with Crippen LogP contribution in [0.4, 0.5) is 0 Å². The molecule has 0 spiro atoms. The van der Waals surface area contributed by atoms with E-state index in [2.05, 4.69) is 0 Å². The normalized spacial score (nSPS) is 15.2. The third kappa shape index (κ3) is 4.61. The van der Waals surface area contributed by atoms with Gasteiger partial charge in [-0.15, -0.1) is 0 Å². The van der Waals surface area contributed by atoms with E-state index in [1.54, 1.807) is 18.2 Å². The molecule has 0 unspecified atom stereocenters. The molecule has 0 radical (unpaired) electrons. The second kappa shape index (κ2) is 8.58. The summed E-state index contributed by atoms with van der Waals surface area (Å²) in [4.78, 5) is 11.5. The zero-order valence-electron chi connectivity index (χ0n) is 15.6. The fraction of sp³-hybridized carbons (Fsp3) is 0.286. The number of ether oxygens (including phenoxy) is 2. The topological polar surface area (TPSA) is 89.9 Å². The van der Waals surface area contributed by atoms with Crippen molar-refractivity contribution in [3.05, 3.63) is 53.6 Å². The van der Waals surface area contributed by atoms with Gasteiger partial charge in [-0.05, 0) is 60.4 Å². The SMILES string of the molecule is CCOCCOc1ccc(-c2ccc3c(c2)C=C(C(=O)O)CCS3(=O)=O)cc1. The molecule has 2 aromatic rings. The molecule has 0 bridgehead atoms. The second-order valence-corrected chi connectivity index (χ2v) is 8.44. The van der Waals surface area contributed by atoms with Crippen molar-refractivity contribution in [2.24, 2.45) is 0 Å². The molecule has 7 heteroatoms. The maximum absolute atomic E-state index is 12.4. The van der Waals surface area contributed by atoms with E-state index in [0.717, 1.165) is 11.1 Å². The molecule has 0 atom stereocenters. The first-order chi connectivity index (χ1) is 13.4. The number of carbonyl (C=O) groups is 1. The van der Waals surface area contributed by atoms with Crippen molar-refractivity contribution in [3.63, 3.8) is 0 Å². The van der Waals surface area contributed by atoms with Crippen LogP contribution in [0, 0.1) is 0 Å². The number of hydrogen-bond acceptors (Lipinski definition) is 5. The predicted molar refractivity (Wildman–Crippen MR) is 106 cm³/mol. The van der Waals surface area contributed by atoms with Gasteiger partial charge in [0.2, 0.25) is 0 Å². The highest BCUT2D eigenvalue weighted by molar-refractivity contribution is 7.91. The monoisotopic (exact) mass is 402 g/mol. The van der Waals surface area contributed by atoms with Crippen LogP contribution in [-0.2, 0) is 19.4 Å². The molecule has 3 rings (SSSR count). The zero-order valence-corrected chi connectivity index (χ0v) is 16.4. The lowest BCUT2D eigenvalue weighted by atomic mass is 10.0. The van der Waals surface area contributed by atoms with Crippen molar-refractivity contribution in [1.29, 1.82) is 0 Å². The highest BCUT2D eigenvalue weighted by Gasteiger charge is 2.24. The van der Waals surface area contributed by atoms with Gasteiger partial charge in [-0.25, -0.2) is 13.2 Å². The third-order valence-corrected chi connectivity index (χ3v) is 6.26. The minimum atomic E-state index is -3.51. The smallest absolute Gasteiger partial charge is 0.331 e. The zero-order chi connectivity index (χ0) is 20.1. The molecule has 1 N–H and O–H groups in total. The number of carboxylic acid groups (broad SMARTS) is 1. The molecule has 0 amide bonds. The lowest BCUT2D eigenvalue weighted by molar-refractivity contribution is -0.132. The Hall–Kier alpha value is -2.64. The Balaban J connectivity index is 1.88. The van der Waals surface area contributed by atoms with Crippen molar-refractivity contribution in [1.82, 2.24) is 0 Å². The second-order valence-electron chi connectivity index (χ2n) is 6.37. The fourth-order valence-electron chi connectivity index (χ4n) is 3.01. The Morgan fingerprint density at radius 1 is 1.07 bits per heavy atom. The van der Waals surface area contributed by atoms with Gasteiger partial charge in [0.15, 0.2) is 9.84 Å². The number of carboxylic acids is 1. The molecule has 0 fully saturated rings. The van der Waals surface area contributed by atoms with Crippen LogP contribution in [0.1, 0.15) is 18.9 Å². The highest BCUT2D eigenvalue weighted by Crippen LogP contribution is 2.31. The Kier molecular flexibility index (Phi) is 6.16. The Morgan fingerprint density at radius 2 is 1.79 bits per heavy atom. The molecule has 0 saturated heterocycles. The first kappa shape index (κ1) is 20.1. The molecule has 1 aliphatic rings. The minimum Gasteiger partial charge on any atom is -0.491 e.